The summed E-state index contributed by atoms with van der Waals surface area (Å²) in [6.07, 6.45) is 3.66. The number of rotatable bonds is 7. The minimum Gasteiger partial charge on any atom is -0.362 e. The van der Waals surface area contributed by atoms with Crippen LogP contribution in [0, 0.1) is 0 Å². The van der Waals surface area contributed by atoms with E-state index in [9.17, 15) is 0 Å². The van der Waals surface area contributed by atoms with Gasteiger partial charge in [0.15, 0.2) is 5.11 Å². The van der Waals surface area contributed by atoms with Crippen molar-refractivity contribution >= 4 is 28.7 Å². The Morgan fingerprint density at radius 3 is 2.60 bits per heavy atom. The molecule has 1 fully saturated rings. The zero-order chi connectivity index (χ0) is 17.5. The van der Waals surface area contributed by atoms with Crippen molar-refractivity contribution in [1.29, 1.82) is 0 Å². The van der Waals surface area contributed by atoms with Gasteiger partial charge in [-0.2, -0.15) is 0 Å². The smallest absolute Gasteiger partial charge is 0.166 e. The Morgan fingerprint density at radius 2 is 1.92 bits per heavy atom. The van der Waals surface area contributed by atoms with E-state index in [-0.39, 0.29) is 0 Å². The minimum atomic E-state index is 0.323. The highest BCUT2D eigenvalue weighted by molar-refractivity contribution is 7.80. The van der Waals surface area contributed by atoms with Crippen molar-refractivity contribution in [3.05, 3.63) is 58.3 Å². The summed E-state index contributed by atoms with van der Waals surface area (Å²) in [6, 6.07) is 15.8. The third-order valence-corrected chi connectivity index (χ3v) is 6.15. The fourth-order valence-electron chi connectivity index (χ4n) is 3.72. The molecule has 2 atom stereocenters. The van der Waals surface area contributed by atoms with Crippen LogP contribution in [-0.4, -0.2) is 30.8 Å². The monoisotopic (exact) mass is 374 g/mol. The van der Waals surface area contributed by atoms with Crippen molar-refractivity contribution in [3.8, 4) is 0 Å². The van der Waals surface area contributed by atoms with E-state index in [0.717, 1.165) is 18.1 Å². The quantitative estimate of drug-likeness (QED) is 0.651. The van der Waals surface area contributed by atoms with Gasteiger partial charge in [0.1, 0.15) is 6.04 Å². The number of hydrogen-bond donors (Lipinski definition) is 3. The molecule has 0 bridgehead atoms. The van der Waals surface area contributed by atoms with Crippen molar-refractivity contribution < 1.29 is 4.90 Å². The molecule has 1 aliphatic rings. The lowest BCUT2D eigenvalue weighted by molar-refractivity contribution is -0.920. The van der Waals surface area contributed by atoms with Gasteiger partial charge in [-0.3, -0.25) is 0 Å². The number of likely N-dealkylation sites (tertiary alicyclic amines) is 1. The summed E-state index contributed by atoms with van der Waals surface area (Å²) in [5, 5.41) is 9.85. The predicted molar refractivity (Wildman–Crippen MR) is 110 cm³/mol. The maximum absolute atomic E-state index is 5.54. The van der Waals surface area contributed by atoms with Gasteiger partial charge in [0, 0.05) is 19.4 Å². The summed E-state index contributed by atoms with van der Waals surface area (Å²) in [7, 11) is 0. The lowest BCUT2D eigenvalue weighted by Crippen LogP contribution is -3.11. The molecule has 1 aliphatic heterocycles. The van der Waals surface area contributed by atoms with Crippen LogP contribution >= 0.6 is 23.6 Å². The summed E-state index contributed by atoms with van der Waals surface area (Å²) in [6.45, 7) is 5.66. The second-order valence-electron chi connectivity index (χ2n) is 6.78. The lowest BCUT2D eigenvalue weighted by atomic mass is 10.1. The second-order valence-corrected chi connectivity index (χ2v) is 8.17. The van der Waals surface area contributed by atoms with E-state index < -0.39 is 0 Å². The number of thiophene rings is 1. The highest BCUT2D eigenvalue weighted by atomic mass is 32.1. The lowest BCUT2D eigenvalue weighted by Gasteiger charge is -2.30. The van der Waals surface area contributed by atoms with Crippen LogP contribution in [0.4, 0.5) is 0 Å². The van der Waals surface area contributed by atoms with Crippen LogP contribution < -0.4 is 15.5 Å². The fraction of sp³-hybridized carbons (Fsp3) is 0.450. The molecule has 3 N–H and O–H groups in total. The maximum atomic E-state index is 5.54. The van der Waals surface area contributed by atoms with Crippen molar-refractivity contribution in [2.75, 3.05) is 19.6 Å². The Balaban J connectivity index is 1.51. The number of nitrogens with one attached hydrogen (secondary N) is 3. The molecule has 0 aliphatic carbocycles. The van der Waals surface area contributed by atoms with E-state index in [2.05, 4.69) is 65.4 Å². The number of benzene rings is 1. The molecule has 1 aromatic carbocycles. The molecule has 0 unspecified atom stereocenters. The van der Waals surface area contributed by atoms with Gasteiger partial charge in [-0.25, -0.2) is 0 Å². The van der Waals surface area contributed by atoms with E-state index in [4.69, 9.17) is 12.2 Å². The molecule has 3 nitrogen and oxygen atoms in total. The highest BCUT2D eigenvalue weighted by Gasteiger charge is 2.33. The number of quaternary nitrogens is 1. The fourth-order valence-corrected chi connectivity index (χ4v) is 4.99. The van der Waals surface area contributed by atoms with E-state index in [0.29, 0.717) is 12.1 Å². The Bertz CT molecular complexity index is 636. The molecule has 3 rings (SSSR count). The van der Waals surface area contributed by atoms with Crippen LogP contribution in [0.5, 0.6) is 0 Å². The first-order valence-corrected chi connectivity index (χ1v) is 10.5. The second kappa shape index (κ2) is 9.32. The van der Waals surface area contributed by atoms with Gasteiger partial charge in [-0.1, -0.05) is 36.4 Å². The first-order chi connectivity index (χ1) is 12.2. The van der Waals surface area contributed by atoms with Crippen molar-refractivity contribution in [1.82, 2.24) is 10.6 Å². The predicted octanol–water partition coefficient (Wildman–Crippen LogP) is 2.56. The SMILES string of the molecule is C[C@@H](NC(=S)NCCc1ccccc1)[C@@H](c1cccs1)[NH+]1CCCC1. The van der Waals surface area contributed by atoms with Crippen LogP contribution in [0.25, 0.3) is 0 Å². The summed E-state index contributed by atoms with van der Waals surface area (Å²) in [5.41, 5.74) is 1.34. The Morgan fingerprint density at radius 1 is 1.16 bits per heavy atom. The standard InChI is InChI=1S/C20H27N3S2/c1-16(19(18-10-7-15-25-18)23-13-5-6-14-23)22-20(24)21-12-11-17-8-3-2-4-9-17/h2-4,7-10,15-16,19H,5-6,11-14H2,1H3,(H2,21,22,24)/p+1/t16-,19+/m1/s1. The molecule has 134 valence electrons. The largest absolute Gasteiger partial charge is 0.362 e. The van der Waals surface area contributed by atoms with E-state index in [1.165, 1.54) is 36.4 Å². The van der Waals surface area contributed by atoms with Crippen LogP contribution in [0.3, 0.4) is 0 Å². The van der Waals surface area contributed by atoms with Crippen LogP contribution in [-0.2, 0) is 6.42 Å². The molecule has 1 saturated heterocycles. The molecular formula is C20H28N3S2+. The summed E-state index contributed by atoms with van der Waals surface area (Å²) in [4.78, 5) is 3.15. The van der Waals surface area contributed by atoms with E-state index in [1.807, 2.05) is 11.3 Å². The van der Waals surface area contributed by atoms with Crippen molar-refractivity contribution in [3.63, 3.8) is 0 Å². The Labute approximate surface area is 160 Å². The number of hydrogen-bond acceptors (Lipinski definition) is 2. The molecule has 2 heterocycles. The summed E-state index contributed by atoms with van der Waals surface area (Å²) in [5.74, 6) is 0. The molecule has 25 heavy (non-hydrogen) atoms. The average molecular weight is 375 g/mol. The van der Waals surface area contributed by atoms with Gasteiger partial charge in [0.05, 0.1) is 24.0 Å². The first kappa shape index (κ1) is 18.4. The van der Waals surface area contributed by atoms with Crippen molar-refractivity contribution in [2.24, 2.45) is 0 Å². The third kappa shape index (κ3) is 5.27. The van der Waals surface area contributed by atoms with Gasteiger partial charge in [-0.05, 0) is 42.6 Å². The summed E-state index contributed by atoms with van der Waals surface area (Å²) < 4.78 is 0. The third-order valence-electron chi connectivity index (χ3n) is 4.94. The van der Waals surface area contributed by atoms with Crippen LogP contribution in [0.15, 0.2) is 47.8 Å². The molecular weight excluding hydrogens is 346 g/mol. The topological polar surface area (TPSA) is 28.5 Å². The Kier molecular flexibility index (Phi) is 6.84. The normalized spacial score (nSPS) is 17.2. The van der Waals surface area contributed by atoms with Crippen LogP contribution in [0.2, 0.25) is 0 Å². The maximum Gasteiger partial charge on any atom is 0.166 e. The molecule has 0 saturated carbocycles. The highest BCUT2D eigenvalue weighted by Crippen LogP contribution is 2.20. The molecule has 5 heteroatoms. The molecule has 0 amide bonds. The Hall–Kier alpha value is -1.43. The number of thiocarbonyl (C=S) groups is 1. The van der Waals surface area contributed by atoms with Gasteiger partial charge < -0.3 is 15.5 Å². The molecule has 0 spiro atoms. The van der Waals surface area contributed by atoms with Crippen molar-refractivity contribution in [2.45, 2.75) is 38.3 Å². The zero-order valence-corrected chi connectivity index (χ0v) is 16.5. The minimum absolute atomic E-state index is 0.323. The first-order valence-electron chi connectivity index (χ1n) is 9.20. The zero-order valence-electron chi connectivity index (χ0n) is 14.8. The van der Waals surface area contributed by atoms with Gasteiger partial charge in [0.2, 0.25) is 0 Å². The molecule has 2 aromatic rings. The molecule has 1 aromatic heterocycles. The van der Waals surface area contributed by atoms with Gasteiger partial charge in [0.25, 0.3) is 0 Å². The van der Waals surface area contributed by atoms with Gasteiger partial charge >= 0.3 is 0 Å². The van der Waals surface area contributed by atoms with E-state index in [1.54, 1.807) is 4.90 Å². The van der Waals surface area contributed by atoms with Crippen LogP contribution in [0.1, 0.15) is 36.2 Å². The van der Waals surface area contributed by atoms with Gasteiger partial charge in [-0.15, -0.1) is 11.3 Å². The summed E-state index contributed by atoms with van der Waals surface area (Å²) >= 11 is 7.40. The molecule has 0 radical (unpaired) electrons. The average Bonchev–Trinajstić information content (AvgIpc) is 3.30. The van der Waals surface area contributed by atoms with E-state index >= 15 is 0 Å².